The van der Waals surface area contributed by atoms with Gasteiger partial charge in [-0.3, -0.25) is 0 Å². The molecule has 0 spiro atoms. The topological polar surface area (TPSA) is 0 Å². The Morgan fingerprint density at radius 1 is 0.520 bits per heavy atom. The molecule has 3 aromatic rings. The molecule has 4 heteroatoms. The predicted octanol–water partition coefficient (Wildman–Crippen LogP) is 5.09. The maximum atomic E-state index is 6.18. The van der Waals surface area contributed by atoms with E-state index >= 15 is 0 Å². The van der Waals surface area contributed by atoms with Gasteiger partial charge in [0.2, 0.25) is 6.71 Å². The van der Waals surface area contributed by atoms with E-state index in [1.165, 1.54) is 33.1 Å². The number of benzene rings is 3. The van der Waals surface area contributed by atoms with Crippen LogP contribution in [0.3, 0.4) is 0 Å². The summed E-state index contributed by atoms with van der Waals surface area (Å²) in [5.74, 6) is 0. The number of aryl methyl sites for hydroxylation is 3. The summed E-state index contributed by atoms with van der Waals surface area (Å²) in [4.78, 5) is 0. The van der Waals surface area contributed by atoms with Crippen molar-refractivity contribution in [1.82, 2.24) is 0 Å². The monoisotopic (exact) mass is 386 g/mol. The first-order chi connectivity index (χ1) is 11.9. The van der Waals surface area contributed by atoms with Gasteiger partial charge in [0.05, 0.1) is 0 Å². The van der Waals surface area contributed by atoms with Crippen molar-refractivity contribution in [3.63, 3.8) is 0 Å². The summed E-state index contributed by atoms with van der Waals surface area (Å²) in [6, 6.07) is 18.2. The summed E-state index contributed by atoms with van der Waals surface area (Å²) >= 11 is 18.5. The Morgan fingerprint density at radius 2 is 0.800 bits per heavy atom. The molecule has 0 amide bonds. The molecule has 0 bridgehead atoms. The van der Waals surface area contributed by atoms with E-state index in [-0.39, 0.29) is 6.71 Å². The Labute approximate surface area is 164 Å². The maximum Gasteiger partial charge on any atom is 0.242 e. The minimum Gasteiger partial charge on any atom is -0.0843 e. The molecule has 0 saturated carbocycles. The van der Waals surface area contributed by atoms with Crippen molar-refractivity contribution < 1.29 is 0 Å². The van der Waals surface area contributed by atoms with E-state index in [4.69, 9.17) is 34.8 Å². The van der Waals surface area contributed by atoms with Crippen LogP contribution in [0.15, 0.2) is 54.6 Å². The summed E-state index contributed by atoms with van der Waals surface area (Å²) in [5, 5.41) is 2.25. The molecule has 0 nitrogen and oxygen atoms in total. The van der Waals surface area contributed by atoms with E-state index in [0.29, 0.717) is 0 Å². The van der Waals surface area contributed by atoms with Crippen LogP contribution >= 0.6 is 34.8 Å². The largest absolute Gasteiger partial charge is 0.242 e. The zero-order valence-electron chi connectivity index (χ0n) is 14.4. The molecule has 0 radical (unpaired) electrons. The Morgan fingerprint density at radius 3 is 1.04 bits per heavy atom. The van der Waals surface area contributed by atoms with Gasteiger partial charge in [0.25, 0.3) is 0 Å². The van der Waals surface area contributed by atoms with Gasteiger partial charge < -0.3 is 0 Å². The van der Waals surface area contributed by atoms with Crippen LogP contribution in [0.4, 0.5) is 0 Å². The predicted molar refractivity (Wildman–Crippen MR) is 113 cm³/mol. The first-order valence-electron chi connectivity index (χ1n) is 8.15. The molecule has 126 valence electrons. The second kappa shape index (κ2) is 7.46. The lowest BCUT2D eigenvalue weighted by atomic mass is 9.35. The quantitative estimate of drug-likeness (QED) is 0.549. The highest BCUT2D eigenvalue weighted by Gasteiger charge is 2.26. The van der Waals surface area contributed by atoms with Crippen LogP contribution in [-0.4, -0.2) is 6.71 Å². The molecular formula is C21H18BCl3. The molecule has 0 N–H and O–H groups in total. The smallest absolute Gasteiger partial charge is 0.0843 e. The fourth-order valence-electron chi connectivity index (χ4n) is 3.39. The third-order valence-corrected chi connectivity index (χ3v) is 5.33. The van der Waals surface area contributed by atoms with Gasteiger partial charge in [-0.15, -0.1) is 0 Å². The zero-order valence-corrected chi connectivity index (χ0v) is 16.7. The number of hydrogen-bond donors (Lipinski definition) is 0. The Balaban J connectivity index is 2.27. The molecule has 0 unspecified atom stereocenters. The van der Waals surface area contributed by atoms with Gasteiger partial charge in [0, 0.05) is 15.1 Å². The molecular weight excluding hydrogens is 369 g/mol. The van der Waals surface area contributed by atoms with E-state index < -0.39 is 0 Å². The van der Waals surface area contributed by atoms with Crippen LogP contribution in [0, 0.1) is 20.8 Å². The molecule has 0 saturated heterocycles. The minimum atomic E-state index is 0.104. The highest BCUT2D eigenvalue weighted by atomic mass is 35.5. The molecule has 0 fully saturated rings. The minimum absolute atomic E-state index is 0.104. The SMILES string of the molecule is Cc1cc(Cl)ccc1B(c1ccc(Cl)cc1C)c1ccc(Cl)cc1C. The van der Waals surface area contributed by atoms with Gasteiger partial charge in [-0.25, -0.2) is 0 Å². The Hall–Kier alpha value is -1.41. The maximum absolute atomic E-state index is 6.18. The third-order valence-electron chi connectivity index (χ3n) is 4.63. The fraction of sp³-hybridized carbons (Fsp3) is 0.143. The van der Waals surface area contributed by atoms with Crippen LogP contribution in [0.1, 0.15) is 16.7 Å². The number of halogens is 3. The average molecular weight is 388 g/mol. The van der Waals surface area contributed by atoms with Gasteiger partial charge in [0.15, 0.2) is 0 Å². The summed E-state index contributed by atoms with van der Waals surface area (Å²) in [6.07, 6.45) is 0. The molecule has 0 aliphatic heterocycles. The number of rotatable bonds is 3. The van der Waals surface area contributed by atoms with E-state index in [2.05, 4.69) is 39.0 Å². The molecule has 0 atom stereocenters. The highest BCUT2D eigenvalue weighted by molar-refractivity contribution is 6.96. The average Bonchev–Trinajstić information content (AvgIpc) is 2.52. The van der Waals surface area contributed by atoms with Crippen LogP contribution in [0.5, 0.6) is 0 Å². The molecule has 0 aliphatic carbocycles. The normalized spacial score (nSPS) is 10.8. The van der Waals surface area contributed by atoms with E-state index in [0.717, 1.165) is 15.1 Å². The lowest BCUT2D eigenvalue weighted by Gasteiger charge is -2.22. The van der Waals surface area contributed by atoms with E-state index in [1.807, 2.05) is 36.4 Å². The molecule has 25 heavy (non-hydrogen) atoms. The van der Waals surface area contributed by atoms with Gasteiger partial charge in [-0.05, 0) is 57.2 Å². The second-order valence-corrected chi connectivity index (χ2v) is 7.75. The van der Waals surface area contributed by atoms with Crippen molar-refractivity contribution >= 4 is 57.9 Å². The van der Waals surface area contributed by atoms with Gasteiger partial charge in [-0.1, -0.05) is 86.1 Å². The zero-order chi connectivity index (χ0) is 18.1. The number of hydrogen-bond acceptors (Lipinski definition) is 0. The van der Waals surface area contributed by atoms with Crippen molar-refractivity contribution in [1.29, 1.82) is 0 Å². The molecule has 0 aliphatic rings. The highest BCUT2D eigenvalue weighted by Crippen LogP contribution is 2.15. The van der Waals surface area contributed by atoms with Gasteiger partial charge in [0.1, 0.15) is 0 Å². The van der Waals surface area contributed by atoms with Gasteiger partial charge >= 0.3 is 0 Å². The summed E-state index contributed by atoms with van der Waals surface area (Å²) in [6.45, 7) is 6.41. The van der Waals surface area contributed by atoms with E-state index in [9.17, 15) is 0 Å². The van der Waals surface area contributed by atoms with Crippen LogP contribution in [0.2, 0.25) is 15.1 Å². The lowest BCUT2D eigenvalue weighted by molar-refractivity contribution is 1.47. The third kappa shape index (κ3) is 3.90. The lowest BCUT2D eigenvalue weighted by Crippen LogP contribution is -2.54. The van der Waals surface area contributed by atoms with Crippen molar-refractivity contribution in [2.24, 2.45) is 0 Å². The molecule has 0 aromatic heterocycles. The second-order valence-electron chi connectivity index (χ2n) is 6.44. The molecule has 3 rings (SSSR count). The first kappa shape index (κ1) is 18.4. The standard InChI is InChI=1S/C21H18BCl3/c1-13-10-16(23)4-7-19(13)22(20-8-5-17(24)11-14(20)2)21-9-6-18(25)12-15(21)3/h4-12H,1-3H3. The molecule has 0 heterocycles. The van der Waals surface area contributed by atoms with Gasteiger partial charge in [-0.2, -0.15) is 0 Å². The summed E-state index contributed by atoms with van der Waals surface area (Å²) in [5.41, 5.74) is 7.21. The van der Waals surface area contributed by atoms with Crippen molar-refractivity contribution in [3.8, 4) is 0 Å². The van der Waals surface area contributed by atoms with Crippen LogP contribution < -0.4 is 16.4 Å². The first-order valence-corrected chi connectivity index (χ1v) is 9.28. The van der Waals surface area contributed by atoms with Crippen molar-refractivity contribution in [2.45, 2.75) is 20.8 Å². The van der Waals surface area contributed by atoms with Crippen molar-refractivity contribution in [3.05, 3.63) is 86.4 Å². The fourth-order valence-corrected chi connectivity index (χ4v) is 4.07. The Bertz CT molecular complexity index is 812. The Kier molecular flexibility index (Phi) is 5.48. The van der Waals surface area contributed by atoms with Crippen LogP contribution in [-0.2, 0) is 0 Å². The van der Waals surface area contributed by atoms with Crippen LogP contribution in [0.25, 0.3) is 0 Å². The van der Waals surface area contributed by atoms with Crippen molar-refractivity contribution in [2.75, 3.05) is 0 Å². The summed E-state index contributed by atoms with van der Waals surface area (Å²) < 4.78 is 0. The molecule has 3 aromatic carbocycles. The summed E-state index contributed by atoms with van der Waals surface area (Å²) in [7, 11) is 0. The van der Waals surface area contributed by atoms with E-state index in [1.54, 1.807) is 0 Å².